The standard InChI is InChI=1S/C10H20N4/c1-5-8(2)10(11-3)6-9-7-14(4)13-12-9/h7-8,10-11H,5-6H2,1-4H3. The van der Waals surface area contributed by atoms with Gasteiger partial charge in [-0.25, -0.2) is 0 Å². The van der Waals surface area contributed by atoms with Gasteiger partial charge in [0.15, 0.2) is 0 Å². The first-order chi connectivity index (χ1) is 6.67. The number of aryl methyl sites for hydroxylation is 1. The van der Waals surface area contributed by atoms with Crippen molar-refractivity contribution in [3.05, 3.63) is 11.9 Å². The van der Waals surface area contributed by atoms with Gasteiger partial charge in [-0.3, -0.25) is 4.68 Å². The first-order valence-electron chi connectivity index (χ1n) is 5.19. The fraction of sp³-hybridized carbons (Fsp3) is 0.800. The van der Waals surface area contributed by atoms with Crippen LogP contribution >= 0.6 is 0 Å². The van der Waals surface area contributed by atoms with Crippen LogP contribution in [0.15, 0.2) is 6.20 Å². The molecule has 1 N–H and O–H groups in total. The summed E-state index contributed by atoms with van der Waals surface area (Å²) < 4.78 is 1.75. The average Bonchev–Trinajstić information content (AvgIpc) is 2.59. The Morgan fingerprint density at radius 1 is 1.57 bits per heavy atom. The predicted molar refractivity (Wildman–Crippen MR) is 57.0 cm³/mol. The highest BCUT2D eigenvalue weighted by Crippen LogP contribution is 2.11. The summed E-state index contributed by atoms with van der Waals surface area (Å²) in [6.07, 6.45) is 4.12. The Morgan fingerprint density at radius 2 is 2.29 bits per heavy atom. The van der Waals surface area contributed by atoms with E-state index in [1.165, 1.54) is 6.42 Å². The predicted octanol–water partition coefficient (Wildman–Crippen LogP) is 0.992. The van der Waals surface area contributed by atoms with Gasteiger partial charge in [0.1, 0.15) is 0 Å². The second kappa shape index (κ2) is 5.10. The maximum atomic E-state index is 4.09. The zero-order chi connectivity index (χ0) is 10.6. The highest BCUT2D eigenvalue weighted by Gasteiger charge is 2.15. The van der Waals surface area contributed by atoms with E-state index in [2.05, 4.69) is 29.5 Å². The third kappa shape index (κ3) is 2.80. The number of hydrogen-bond acceptors (Lipinski definition) is 3. The van der Waals surface area contributed by atoms with Crippen LogP contribution in [-0.2, 0) is 13.5 Å². The summed E-state index contributed by atoms with van der Waals surface area (Å²) in [5.41, 5.74) is 1.06. The van der Waals surface area contributed by atoms with Crippen LogP contribution in [0, 0.1) is 5.92 Å². The van der Waals surface area contributed by atoms with Crippen LogP contribution in [0.25, 0.3) is 0 Å². The van der Waals surface area contributed by atoms with Gasteiger partial charge in [0.05, 0.1) is 5.69 Å². The van der Waals surface area contributed by atoms with Gasteiger partial charge in [-0.1, -0.05) is 25.5 Å². The van der Waals surface area contributed by atoms with Gasteiger partial charge in [-0.2, -0.15) is 0 Å². The van der Waals surface area contributed by atoms with Gasteiger partial charge in [0.2, 0.25) is 0 Å². The van der Waals surface area contributed by atoms with Crippen LogP contribution in [0.1, 0.15) is 26.0 Å². The molecule has 1 heterocycles. The molecule has 0 aromatic carbocycles. The average molecular weight is 196 g/mol. The Labute approximate surface area is 85.7 Å². The Hall–Kier alpha value is -0.900. The zero-order valence-corrected chi connectivity index (χ0v) is 9.49. The summed E-state index contributed by atoms with van der Waals surface area (Å²) in [7, 11) is 3.90. The van der Waals surface area contributed by atoms with E-state index in [0.717, 1.165) is 12.1 Å². The summed E-state index contributed by atoms with van der Waals surface area (Å²) in [6.45, 7) is 4.48. The van der Waals surface area contributed by atoms with E-state index in [1.54, 1.807) is 4.68 Å². The maximum absolute atomic E-state index is 4.09. The van der Waals surface area contributed by atoms with Gasteiger partial charge in [0.25, 0.3) is 0 Å². The molecule has 14 heavy (non-hydrogen) atoms. The molecular weight excluding hydrogens is 176 g/mol. The molecule has 1 aromatic heterocycles. The molecule has 0 saturated heterocycles. The quantitative estimate of drug-likeness (QED) is 0.763. The lowest BCUT2D eigenvalue weighted by atomic mass is 9.95. The van der Waals surface area contributed by atoms with E-state index in [4.69, 9.17) is 0 Å². The first kappa shape index (κ1) is 11.2. The molecule has 0 saturated carbocycles. The van der Waals surface area contributed by atoms with Crippen LogP contribution in [0.4, 0.5) is 0 Å². The first-order valence-corrected chi connectivity index (χ1v) is 5.19. The van der Waals surface area contributed by atoms with Gasteiger partial charge in [-0.15, -0.1) is 5.10 Å². The summed E-state index contributed by atoms with van der Waals surface area (Å²) in [5, 5.41) is 11.4. The monoisotopic (exact) mass is 196 g/mol. The van der Waals surface area contributed by atoms with Crippen LogP contribution in [0.2, 0.25) is 0 Å². The molecule has 0 aliphatic heterocycles. The summed E-state index contributed by atoms with van der Waals surface area (Å²) in [4.78, 5) is 0. The Balaban J connectivity index is 2.56. The molecule has 0 radical (unpaired) electrons. The molecule has 0 aliphatic carbocycles. The maximum Gasteiger partial charge on any atom is 0.0842 e. The molecule has 80 valence electrons. The molecule has 2 atom stereocenters. The van der Waals surface area contributed by atoms with Gasteiger partial charge < -0.3 is 5.32 Å². The van der Waals surface area contributed by atoms with Crippen LogP contribution in [-0.4, -0.2) is 28.1 Å². The third-order valence-electron chi connectivity index (χ3n) is 2.78. The molecule has 1 aromatic rings. The van der Waals surface area contributed by atoms with Gasteiger partial charge in [-0.05, 0) is 13.0 Å². The van der Waals surface area contributed by atoms with Crippen LogP contribution in [0.3, 0.4) is 0 Å². The lowest BCUT2D eigenvalue weighted by molar-refractivity contribution is 0.384. The van der Waals surface area contributed by atoms with E-state index in [0.29, 0.717) is 12.0 Å². The summed E-state index contributed by atoms with van der Waals surface area (Å²) >= 11 is 0. The smallest absolute Gasteiger partial charge is 0.0842 e. The van der Waals surface area contributed by atoms with E-state index < -0.39 is 0 Å². The van der Waals surface area contributed by atoms with Crippen molar-refractivity contribution in [3.63, 3.8) is 0 Å². The van der Waals surface area contributed by atoms with Crippen molar-refractivity contribution in [3.8, 4) is 0 Å². The van der Waals surface area contributed by atoms with E-state index in [1.807, 2.05) is 20.3 Å². The molecule has 0 bridgehead atoms. The fourth-order valence-corrected chi connectivity index (χ4v) is 1.59. The molecule has 2 unspecified atom stereocenters. The lowest BCUT2D eigenvalue weighted by Gasteiger charge is -2.21. The molecule has 0 fully saturated rings. The van der Waals surface area contributed by atoms with E-state index >= 15 is 0 Å². The minimum absolute atomic E-state index is 0.497. The highest BCUT2D eigenvalue weighted by molar-refractivity contribution is 4.96. The Bertz CT molecular complexity index is 269. The van der Waals surface area contributed by atoms with Crippen molar-refractivity contribution in [2.45, 2.75) is 32.7 Å². The minimum atomic E-state index is 0.497. The Kier molecular flexibility index (Phi) is 4.07. The largest absolute Gasteiger partial charge is 0.316 e. The van der Waals surface area contributed by atoms with E-state index in [-0.39, 0.29) is 0 Å². The van der Waals surface area contributed by atoms with Crippen molar-refractivity contribution in [2.24, 2.45) is 13.0 Å². The van der Waals surface area contributed by atoms with Crippen molar-refractivity contribution in [2.75, 3.05) is 7.05 Å². The number of likely N-dealkylation sites (N-methyl/N-ethyl adjacent to an activating group) is 1. The van der Waals surface area contributed by atoms with Crippen molar-refractivity contribution < 1.29 is 0 Å². The number of hydrogen-bond donors (Lipinski definition) is 1. The third-order valence-corrected chi connectivity index (χ3v) is 2.78. The van der Waals surface area contributed by atoms with Gasteiger partial charge in [0, 0.05) is 25.7 Å². The Morgan fingerprint density at radius 3 is 2.71 bits per heavy atom. The minimum Gasteiger partial charge on any atom is -0.316 e. The summed E-state index contributed by atoms with van der Waals surface area (Å²) in [6, 6.07) is 0.497. The molecule has 0 aliphatic rings. The second-order valence-corrected chi connectivity index (χ2v) is 3.87. The molecule has 0 spiro atoms. The summed E-state index contributed by atoms with van der Waals surface area (Å²) in [5.74, 6) is 0.669. The number of nitrogens with one attached hydrogen (secondary N) is 1. The zero-order valence-electron chi connectivity index (χ0n) is 9.49. The van der Waals surface area contributed by atoms with Gasteiger partial charge >= 0.3 is 0 Å². The van der Waals surface area contributed by atoms with Crippen LogP contribution < -0.4 is 5.32 Å². The van der Waals surface area contributed by atoms with Crippen molar-refractivity contribution in [1.29, 1.82) is 0 Å². The SMILES string of the molecule is CCC(C)C(Cc1cn(C)nn1)NC. The van der Waals surface area contributed by atoms with Crippen LogP contribution in [0.5, 0.6) is 0 Å². The number of nitrogens with zero attached hydrogens (tertiary/aromatic N) is 3. The molecule has 1 rings (SSSR count). The fourth-order valence-electron chi connectivity index (χ4n) is 1.59. The molecule has 0 amide bonds. The van der Waals surface area contributed by atoms with Crippen molar-refractivity contribution >= 4 is 0 Å². The molecular formula is C10H20N4. The normalized spacial score (nSPS) is 15.4. The highest BCUT2D eigenvalue weighted by atomic mass is 15.4. The molecule has 4 heteroatoms. The second-order valence-electron chi connectivity index (χ2n) is 3.87. The van der Waals surface area contributed by atoms with E-state index in [9.17, 15) is 0 Å². The lowest BCUT2D eigenvalue weighted by Crippen LogP contribution is -2.34. The topological polar surface area (TPSA) is 42.7 Å². The number of aromatic nitrogens is 3. The number of rotatable bonds is 5. The van der Waals surface area contributed by atoms with Crippen molar-refractivity contribution in [1.82, 2.24) is 20.3 Å². The molecule has 4 nitrogen and oxygen atoms in total.